The molecule has 186 valence electrons. The molecule has 2 aromatic carbocycles. The van der Waals surface area contributed by atoms with Crippen LogP contribution in [0.5, 0.6) is 11.5 Å². The Hall–Kier alpha value is -4.05. The number of nitrogens with two attached hydrogens (primary N) is 1. The zero-order valence-corrected chi connectivity index (χ0v) is 20.3. The summed E-state index contributed by atoms with van der Waals surface area (Å²) in [6.07, 6.45) is -0.0580. The van der Waals surface area contributed by atoms with Gasteiger partial charge in [0.05, 0.1) is 5.69 Å². The lowest BCUT2D eigenvalue weighted by Gasteiger charge is -2.24. The molecule has 1 aromatic heterocycles. The van der Waals surface area contributed by atoms with E-state index in [4.69, 9.17) is 5.73 Å². The van der Waals surface area contributed by atoms with Gasteiger partial charge in [-0.3, -0.25) is 14.2 Å². The Morgan fingerprint density at radius 3 is 2.20 bits per heavy atom. The highest BCUT2D eigenvalue weighted by Crippen LogP contribution is 2.37. The standard InChI is InChI=1S/C25H30N4O6/c1-13-14(2)20(31)17(15(3)19(13)30)11-12-25(4,35)23(33)27-18-21(26)29(16-9-7-6-8-10-16)24(34)28(5)22(18)32/h6-10,30-31,35H,11-12,26H2,1-5H3,(H,27,33). The van der Waals surface area contributed by atoms with Crippen molar-refractivity contribution >= 4 is 17.4 Å². The molecule has 0 spiro atoms. The van der Waals surface area contributed by atoms with Gasteiger partial charge in [-0.15, -0.1) is 0 Å². The quantitative estimate of drug-likeness (QED) is 0.335. The summed E-state index contributed by atoms with van der Waals surface area (Å²) in [5.41, 5.74) is 4.61. The van der Waals surface area contributed by atoms with Crippen LogP contribution in [0.15, 0.2) is 39.9 Å². The predicted molar refractivity (Wildman–Crippen MR) is 133 cm³/mol. The highest BCUT2D eigenvalue weighted by atomic mass is 16.3. The molecule has 10 heteroatoms. The summed E-state index contributed by atoms with van der Waals surface area (Å²) in [6, 6.07) is 8.38. The number of nitrogens with one attached hydrogen (secondary N) is 1. The second-order valence-electron chi connectivity index (χ2n) is 8.86. The van der Waals surface area contributed by atoms with Crippen LogP contribution in [0.2, 0.25) is 0 Å². The Morgan fingerprint density at radius 2 is 1.60 bits per heavy atom. The summed E-state index contributed by atoms with van der Waals surface area (Å²) in [5, 5.41) is 34.1. The van der Waals surface area contributed by atoms with Gasteiger partial charge in [0.1, 0.15) is 28.6 Å². The molecular formula is C25H30N4O6. The van der Waals surface area contributed by atoms with Crippen LogP contribution >= 0.6 is 0 Å². The molecule has 0 bridgehead atoms. The minimum absolute atomic E-state index is 0.0120. The number of hydrogen-bond acceptors (Lipinski definition) is 7. The van der Waals surface area contributed by atoms with Crippen molar-refractivity contribution in [1.29, 1.82) is 0 Å². The van der Waals surface area contributed by atoms with Gasteiger partial charge in [0.25, 0.3) is 11.5 Å². The van der Waals surface area contributed by atoms with Gasteiger partial charge in [-0.25, -0.2) is 9.36 Å². The molecule has 1 amide bonds. The van der Waals surface area contributed by atoms with Crippen molar-refractivity contribution in [2.24, 2.45) is 7.05 Å². The van der Waals surface area contributed by atoms with Crippen molar-refractivity contribution in [2.45, 2.75) is 46.1 Å². The topological polar surface area (TPSA) is 160 Å². The molecular weight excluding hydrogens is 452 g/mol. The van der Waals surface area contributed by atoms with Crippen LogP contribution in [-0.2, 0) is 18.3 Å². The van der Waals surface area contributed by atoms with Crippen LogP contribution in [0.4, 0.5) is 11.5 Å². The average Bonchev–Trinajstić information content (AvgIpc) is 2.83. The first-order valence-electron chi connectivity index (χ1n) is 11.0. The second kappa shape index (κ2) is 9.30. The molecule has 0 radical (unpaired) electrons. The van der Waals surface area contributed by atoms with E-state index >= 15 is 0 Å². The van der Waals surface area contributed by atoms with Crippen LogP contribution in [0.1, 0.15) is 35.6 Å². The average molecular weight is 483 g/mol. The Labute approximate surface area is 201 Å². The molecule has 0 aliphatic carbocycles. The van der Waals surface area contributed by atoms with Crippen molar-refractivity contribution < 1.29 is 20.1 Å². The number of hydrogen-bond donors (Lipinski definition) is 5. The Balaban J connectivity index is 1.94. The van der Waals surface area contributed by atoms with Gasteiger partial charge in [0.2, 0.25) is 0 Å². The van der Waals surface area contributed by atoms with Crippen molar-refractivity contribution in [3.05, 3.63) is 73.4 Å². The number of anilines is 2. The van der Waals surface area contributed by atoms with E-state index < -0.39 is 22.8 Å². The molecule has 0 fully saturated rings. The van der Waals surface area contributed by atoms with E-state index in [1.807, 2.05) is 0 Å². The van der Waals surface area contributed by atoms with Crippen LogP contribution in [0, 0.1) is 20.8 Å². The van der Waals surface area contributed by atoms with E-state index in [0.717, 1.165) is 9.13 Å². The van der Waals surface area contributed by atoms with E-state index in [1.165, 1.54) is 14.0 Å². The van der Waals surface area contributed by atoms with Gasteiger partial charge in [-0.2, -0.15) is 0 Å². The van der Waals surface area contributed by atoms with Gasteiger partial charge >= 0.3 is 5.69 Å². The number of benzene rings is 2. The maximum absolute atomic E-state index is 13.0. The number of para-hydroxylation sites is 1. The third-order valence-electron chi connectivity index (χ3n) is 6.46. The number of amides is 1. The number of phenols is 2. The minimum Gasteiger partial charge on any atom is -0.507 e. The molecule has 1 atom stereocenters. The van der Waals surface area contributed by atoms with Crippen molar-refractivity contribution in [1.82, 2.24) is 9.13 Å². The monoisotopic (exact) mass is 482 g/mol. The lowest BCUT2D eigenvalue weighted by atomic mass is 9.90. The smallest absolute Gasteiger partial charge is 0.337 e. The summed E-state index contributed by atoms with van der Waals surface area (Å²) in [5.74, 6) is -1.16. The van der Waals surface area contributed by atoms with Gasteiger partial charge in [0, 0.05) is 12.6 Å². The number of nitrogens with zero attached hydrogens (tertiary/aromatic N) is 2. The van der Waals surface area contributed by atoms with E-state index in [-0.39, 0.29) is 35.8 Å². The molecule has 0 saturated heterocycles. The molecule has 1 unspecified atom stereocenters. The highest BCUT2D eigenvalue weighted by molar-refractivity contribution is 5.98. The zero-order chi connectivity index (χ0) is 26.2. The van der Waals surface area contributed by atoms with Gasteiger partial charge in [-0.1, -0.05) is 18.2 Å². The summed E-state index contributed by atoms with van der Waals surface area (Å²) >= 11 is 0. The number of nitrogen functional groups attached to an aromatic ring is 1. The SMILES string of the molecule is Cc1c(C)c(O)c(CCC(C)(O)C(=O)Nc2c(N)n(-c3ccccc3)c(=O)n(C)c2=O)c(C)c1O. The molecule has 1 heterocycles. The van der Waals surface area contributed by atoms with Crippen LogP contribution < -0.4 is 22.3 Å². The fourth-order valence-electron chi connectivity index (χ4n) is 3.89. The lowest BCUT2D eigenvalue weighted by Crippen LogP contribution is -2.45. The Morgan fingerprint density at radius 1 is 1.03 bits per heavy atom. The van der Waals surface area contributed by atoms with Gasteiger partial charge in [-0.05, 0) is 69.4 Å². The predicted octanol–water partition coefficient (Wildman–Crippen LogP) is 1.78. The zero-order valence-electron chi connectivity index (χ0n) is 20.3. The molecule has 0 aliphatic heterocycles. The molecule has 3 rings (SSSR count). The Bertz CT molecular complexity index is 1390. The van der Waals surface area contributed by atoms with Crippen molar-refractivity contribution in [2.75, 3.05) is 11.1 Å². The lowest BCUT2D eigenvalue weighted by molar-refractivity contribution is -0.132. The molecule has 0 saturated carbocycles. The van der Waals surface area contributed by atoms with Crippen molar-refractivity contribution in [3.8, 4) is 17.2 Å². The fourth-order valence-corrected chi connectivity index (χ4v) is 3.89. The van der Waals surface area contributed by atoms with E-state index in [2.05, 4.69) is 5.32 Å². The third kappa shape index (κ3) is 4.52. The number of aromatic nitrogens is 2. The summed E-state index contributed by atoms with van der Waals surface area (Å²) in [6.45, 7) is 6.26. The second-order valence-corrected chi connectivity index (χ2v) is 8.86. The largest absolute Gasteiger partial charge is 0.507 e. The maximum atomic E-state index is 13.0. The molecule has 6 N–H and O–H groups in total. The van der Waals surface area contributed by atoms with E-state index in [9.17, 15) is 29.7 Å². The number of carbonyl (C=O) groups excluding carboxylic acids is 1. The summed E-state index contributed by atoms with van der Waals surface area (Å²) in [7, 11) is 1.26. The first-order valence-corrected chi connectivity index (χ1v) is 11.0. The number of aliphatic hydroxyl groups is 1. The molecule has 3 aromatic rings. The number of aromatic hydroxyl groups is 2. The van der Waals surface area contributed by atoms with Crippen molar-refractivity contribution in [3.63, 3.8) is 0 Å². The first kappa shape index (κ1) is 25.6. The molecule has 35 heavy (non-hydrogen) atoms. The first-order chi connectivity index (χ1) is 16.3. The molecule has 0 aliphatic rings. The number of carbonyl (C=O) groups is 1. The third-order valence-corrected chi connectivity index (χ3v) is 6.46. The van der Waals surface area contributed by atoms with E-state index in [1.54, 1.807) is 51.1 Å². The van der Waals surface area contributed by atoms with Gasteiger partial charge < -0.3 is 26.4 Å². The van der Waals surface area contributed by atoms with E-state index in [0.29, 0.717) is 27.9 Å². The Kier molecular flexibility index (Phi) is 6.80. The summed E-state index contributed by atoms with van der Waals surface area (Å²) in [4.78, 5) is 38.4. The fraction of sp³-hybridized carbons (Fsp3) is 0.320. The van der Waals surface area contributed by atoms with Crippen LogP contribution in [0.3, 0.4) is 0 Å². The van der Waals surface area contributed by atoms with Crippen LogP contribution in [-0.4, -0.2) is 36.0 Å². The number of rotatable bonds is 6. The summed E-state index contributed by atoms with van der Waals surface area (Å²) < 4.78 is 1.90. The normalized spacial score (nSPS) is 12.9. The minimum atomic E-state index is -1.97. The maximum Gasteiger partial charge on any atom is 0.337 e. The molecule has 10 nitrogen and oxygen atoms in total. The highest BCUT2D eigenvalue weighted by Gasteiger charge is 2.33. The van der Waals surface area contributed by atoms with Gasteiger partial charge in [0.15, 0.2) is 0 Å². The number of phenolic OH excluding ortho intramolecular Hbond substituents is 2. The van der Waals surface area contributed by atoms with Crippen LogP contribution in [0.25, 0.3) is 5.69 Å².